The van der Waals surface area contributed by atoms with Crippen LogP contribution in [0.15, 0.2) is 48.5 Å². The third-order valence-corrected chi connectivity index (χ3v) is 3.76. The van der Waals surface area contributed by atoms with E-state index in [0.29, 0.717) is 17.3 Å². The monoisotopic (exact) mass is 406 g/mol. The molecule has 0 aliphatic rings. The number of nitrogens with zero attached hydrogens (tertiary/aromatic N) is 1. The lowest BCUT2D eigenvalue weighted by atomic mass is 10.2. The number of ketones is 1. The normalized spacial score (nSPS) is 9.32. The van der Waals surface area contributed by atoms with E-state index in [9.17, 15) is 14.9 Å². The first-order chi connectivity index (χ1) is 13.3. The van der Waals surface area contributed by atoms with Crippen LogP contribution in [0.1, 0.15) is 58.9 Å². The van der Waals surface area contributed by atoms with Crippen LogP contribution in [-0.2, 0) is 11.3 Å². The highest BCUT2D eigenvalue weighted by Crippen LogP contribution is 2.26. The Kier molecular flexibility index (Phi) is 14.3. The molecule has 0 saturated carbocycles. The standard InChI is InChI=1S/C13H11ClN2O2.C6H14.C3H6O/c14-12-8-11(16(17)18)6-7-13(12)15-9-10-4-2-1-3-5-10;1-3-5-6-4-2;1-3(2)4/h1-8,15H,9H2;3-6H2,1-2H3;1-2H3. The van der Waals surface area contributed by atoms with Gasteiger partial charge in [0.25, 0.3) is 5.69 Å². The predicted octanol–water partition coefficient (Wildman–Crippen LogP) is 7.04. The summed E-state index contributed by atoms with van der Waals surface area (Å²) in [5.74, 6) is 0.167. The Hall–Kier alpha value is -2.40. The molecule has 0 bridgehead atoms. The number of hydrogen-bond donors (Lipinski definition) is 1. The van der Waals surface area contributed by atoms with E-state index in [1.54, 1.807) is 6.07 Å². The van der Waals surface area contributed by atoms with Gasteiger partial charge in [-0.25, -0.2) is 0 Å². The van der Waals surface area contributed by atoms with Crippen LogP contribution in [0.2, 0.25) is 5.02 Å². The number of anilines is 1. The third-order valence-electron chi connectivity index (χ3n) is 3.45. The molecule has 2 aromatic rings. The van der Waals surface area contributed by atoms with Gasteiger partial charge in [0.1, 0.15) is 5.78 Å². The van der Waals surface area contributed by atoms with Crippen molar-refractivity contribution in [3.8, 4) is 0 Å². The van der Waals surface area contributed by atoms with Crippen molar-refractivity contribution in [2.24, 2.45) is 0 Å². The topological polar surface area (TPSA) is 72.2 Å². The highest BCUT2D eigenvalue weighted by atomic mass is 35.5. The summed E-state index contributed by atoms with van der Waals surface area (Å²) in [7, 11) is 0. The van der Waals surface area contributed by atoms with Gasteiger partial charge in [-0.1, -0.05) is 81.5 Å². The van der Waals surface area contributed by atoms with E-state index in [-0.39, 0.29) is 11.5 Å². The van der Waals surface area contributed by atoms with Crippen LogP contribution in [0.3, 0.4) is 0 Å². The molecule has 0 aliphatic carbocycles. The molecule has 0 unspecified atom stereocenters. The van der Waals surface area contributed by atoms with E-state index in [2.05, 4.69) is 19.2 Å². The van der Waals surface area contributed by atoms with Crippen molar-refractivity contribution in [3.63, 3.8) is 0 Å². The first kappa shape index (κ1) is 25.6. The second-order valence-corrected chi connectivity index (χ2v) is 6.78. The van der Waals surface area contributed by atoms with E-state index in [4.69, 9.17) is 11.6 Å². The number of halogens is 1. The van der Waals surface area contributed by atoms with Gasteiger partial charge in [0.2, 0.25) is 0 Å². The van der Waals surface area contributed by atoms with Gasteiger partial charge in [-0.15, -0.1) is 0 Å². The highest BCUT2D eigenvalue weighted by Gasteiger charge is 2.08. The number of nitro benzene ring substituents is 1. The number of carbonyl (C=O) groups is 1. The zero-order chi connectivity index (χ0) is 21.4. The summed E-state index contributed by atoms with van der Waals surface area (Å²) < 4.78 is 0. The third kappa shape index (κ3) is 12.9. The van der Waals surface area contributed by atoms with E-state index in [1.165, 1.54) is 51.7 Å². The molecule has 1 N–H and O–H groups in total. The predicted molar refractivity (Wildman–Crippen MR) is 118 cm³/mol. The average molecular weight is 407 g/mol. The Balaban J connectivity index is 0.000000608. The summed E-state index contributed by atoms with van der Waals surface area (Å²) in [6, 6.07) is 14.2. The van der Waals surface area contributed by atoms with Crippen molar-refractivity contribution in [2.75, 3.05) is 5.32 Å². The van der Waals surface area contributed by atoms with Gasteiger partial charge in [0.05, 0.1) is 15.6 Å². The number of nitro groups is 1. The first-order valence-electron chi connectivity index (χ1n) is 9.50. The molecule has 0 radical (unpaired) electrons. The van der Waals surface area contributed by atoms with Gasteiger partial charge in [-0.05, 0) is 25.5 Å². The molecule has 0 aliphatic heterocycles. The van der Waals surface area contributed by atoms with Gasteiger partial charge in [0.15, 0.2) is 0 Å². The molecule has 28 heavy (non-hydrogen) atoms. The molecule has 5 nitrogen and oxygen atoms in total. The smallest absolute Gasteiger partial charge is 0.271 e. The molecule has 2 aromatic carbocycles. The van der Waals surface area contributed by atoms with Crippen LogP contribution in [0.25, 0.3) is 0 Å². The molecule has 6 heteroatoms. The first-order valence-corrected chi connectivity index (χ1v) is 9.88. The number of nitrogens with one attached hydrogen (secondary N) is 1. The minimum absolute atomic E-state index is 0.00902. The number of benzene rings is 2. The summed E-state index contributed by atoms with van der Waals surface area (Å²) in [5.41, 5.74) is 1.79. The maximum Gasteiger partial charge on any atom is 0.271 e. The lowest BCUT2D eigenvalue weighted by Gasteiger charge is -2.08. The average Bonchev–Trinajstić information content (AvgIpc) is 2.66. The van der Waals surface area contributed by atoms with Gasteiger partial charge < -0.3 is 10.1 Å². The fraction of sp³-hybridized carbons (Fsp3) is 0.409. The quantitative estimate of drug-likeness (QED) is 0.304. The summed E-state index contributed by atoms with van der Waals surface area (Å²) in [6.45, 7) is 8.14. The number of carbonyl (C=O) groups excluding carboxylic acids is 1. The van der Waals surface area contributed by atoms with Crippen LogP contribution in [0.5, 0.6) is 0 Å². The Morgan fingerprint density at radius 1 is 1.04 bits per heavy atom. The van der Waals surface area contributed by atoms with E-state index < -0.39 is 4.92 Å². The van der Waals surface area contributed by atoms with Crippen molar-refractivity contribution >= 4 is 28.8 Å². The number of hydrogen-bond acceptors (Lipinski definition) is 4. The van der Waals surface area contributed by atoms with Crippen LogP contribution in [0, 0.1) is 10.1 Å². The zero-order valence-corrected chi connectivity index (χ0v) is 18.0. The van der Waals surface area contributed by atoms with Crippen molar-refractivity contribution in [1.29, 1.82) is 0 Å². The summed E-state index contributed by atoms with van der Waals surface area (Å²) in [6.07, 6.45) is 5.54. The molecule has 2 rings (SSSR count). The lowest BCUT2D eigenvalue weighted by molar-refractivity contribution is -0.384. The van der Waals surface area contributed by atoms with Gasteiger partial charge in [-0.2, -0.15) is 0 Å². The zero-order valence-electron chi connectivity index (χ0n) is 17.2. The second-order valence-electron chi connectivity index (χ2n) is 6.38. The second kappa shape index (κ2) is 15.6. The molecule has 0 heterocycles. The lowest BCUT2D eigenvalue weighted by Crippen LogP contribution is -2.00. The number of non-ortho nitro benzene ring substituents is 1. The molecule has 0 aromatic heterocycles. The largest absolute Gasteiger partial charge is 0.380 e. The SMILES string of the molecule is CC(C)=O.CCCCCC.O=[N+]([O-])c1ccc(NCc2ccccc2)c(Cl)c1. The maximum atomic E-state index is 10.6. The minimum atomic E-state index is -0.465. The molecule has 0 fully saturated rings. The molecular formula is C22H31ClN2O3. The Morgan fingerprint density at radius 3 is 2.00 bits per heavy atom. The molecule has 154 valence electrons. The van der Waals surface area contributed by atoms with E-state index in [0.717, 1.165) is 5.56 Å². The maximum absolute atomic E-state index is 10.6. The van der Waals surface area contributed by atoms with Crippen LogP contribution in [-0.4, -0.2) is 10.7 Å². The number of rotatable bonds is 7. The van der Waals surface area contributed by atoms with Crippen LogP contribution < -0.4 is 5.32 Å². The van der Waals surface area contributed by atoms with Crippen molar-refractivity contribution in [2.45, 2.75) is 59.9 Å². The summed E-state index contributed by atoms with van der Waals surface area (Å²) in [5, 5.41) is 14.1. The summed E-state index contributed by atoms with van der Waals surface area (Å²) >= 11 is 5.97. The van der Waals surface area contributed by atoms with E-state index >= 15 is 0 Å². The van der Waals surface area contributed by atoms with Crippen LogP contribution >= 0.6 is 11.6 Å². The number of Topliss-reactive ketones (excluding diaryl/α,β-unsaturated/α-hetero) is 1. The Bertz CT molecular complexity index is 698. The Morgan fingerprint density at radius 2 is 1.57 bits per heavy atom. The van der Waals surface area contributed by atoms with Gasteiger partial charge in [-0.3, -0.25) is 10.1 Å². The fourth-order valence-corrected chi connectivity index (χ4v) is 2.30. The number of unbranched alkanes of at least 4 members (excludes halogenated alkanes) is 3. The van der Waals surface area contributed by atoms with Crippen molar-refractivity contribution < 1.29 is 9.72 Å². The molecule has 0 saturated heterocycles. The fourth-order valence-electron chi connectivity index (χ4n) is 2.05. The van der Waals surface area contributed by atoms with Gasteiger partial charge in [0, 0.05) is 18.7 Å². The summed E-state index contributed by atoms with van der Waals surface area (Å²) in [4.78, 5) is 19.5. The van der Waals surface area contributed by atoms with Crippen LogP contribution in [0.4, 0.5) is 11.4 Å². The van der Waals surface area contributed by atoms with E-state index in [1.807, 2.05) is 30.3 Å². The minimum Gasteiger partial charge on any atom is -0.380 e. The van der Waals surface area contributed by atoms with Crippen molar-refractivity contribution in [3.05, 3.63) is 69.2 Å². The molecule has 0 spiro atoms. The molecule has 0 atom stereocenters. The molecular weight excluding hydrogens is 376 g/mol. The van der Waals surface area contributed by atoms with Crippen molar-refractivity contribution in [1.82, 2.24) is 0 Å². The Labute approximate surface area is 173 Å². The molecule has 0 amide bonds. The highest BCUT2D eigenvalue weighted by molar-refractivity contribution is 6.33. The van der Waals surface area contributed by atoms with Gasteiger partial charge >= 0.3 is 0 Å².